The fourth-order valence-corrected chi connectivity index (χ4v) is 2.85. The van der Waals surface area contributed by atoms with Crippen LogP contribution in [0, 0.1) is 0 Å². The van der Waals surface area contributed by atoms with Gasteiger partial charge in [-0.2, -0.15) is 0 Å². The van der Waals surface area contributed by atoms with Gasteiger partial charge >= 0.3 is 0 Å². The molecule has 3 aromatic rings. The summed E-state index contributed by atoms with van der Waals surface area (Å²) in [6, 6.07) is 12.2. The number of hydrogen-bond acceptors (Lipinski definition) is 4. The van der Waals surface area contributed by atoms with Crippen LogP contribution in [0.4, 0.5) is 5.82 Å². The maximum Gasteiger partial charge on any atom is 0.268 e. The third kappa shape index (κ3) is 2.87. The van der Waals surface area contributed by atoms with Gasteiger partial charge in [-0.3, -0.25) is 14.5 Å². The number of rotatable bonds is 4. The second-order valence-electron chi connectivity index (χ2n) is 5.75. The van der Waals surface area contributed by atoms with Crippen molar-refractivity contribution in [2.75, 3.05) is 11.9 Å². The van der Waals surface area contributed by atoms with Crippen LogP contribution in [0.25, 0.3) is 10.9 Å². The van der Waals surface area contributed by atoms with Crippen LogP contribution >= 0.6 is 0 Å². The number of carbonyl (C=O) groups is 1. The van der Waals surface area contributed by atoms with Crippen molar-refractivity contribution in [1.29, 1.82) is 0 Å². The number of amides is 1. The minimum atomic E-state index is -0.586. The van der Waals surface area contributed by atoms with E-state index in [1.165, 1.54) is 16.5 Å². The van der Waals surface area contributed by atoms with Crippen molar-refractivity contribution in [3.05, 3.63) is 64.6 Å². The molecule has 2 aromatic heterocycles. The van der Waals surface area contributed by atoms with Crippen molar-refractivity contribution >= 4 is 22.6 Å². The molecule has 0 saturated carbocycles. The van der Waals surface area contributed by atoms with Crippen LogP contribution in [0.1, 0.15) is 23.7 Å². The number of pyridine rings is 2. The van der Waals surface area contributed by atoms with Crippen LogP contribution in [0.15, 0.2) is 53.5 Å². The van der Waals surface area contributed by atoms with Gasteiger partial charge in [0.1, 0.15) is 17.1 Å². The Labute approximate surface area is 145 Å². The molecular weight excluding hydrogens is 318 g/mol. The zero-order valence-corrected chi connectivity index (χ0v) is 14.1. The first-order chi connectivity index (χ1) is 12.1. The van der Waals surface area contributed by atoms with Crippen molar-refractivity contribution in [3.63, 3.8) is 0 Å². The third-order valence-electron chi connectivity index (χ3n) is 4.10. The predicted molar refractivity (Wildman–Crippen MR) is 97.1 cm³/mol. The highest BCUT2D eigenvalue weighted by atomic mass is 16.3. The lowest BCUT2D eigenvalue weighted by molar-refractivity contribution is 0.0988. The summed E-state index contributed by atoms with van der Waals surface area (Å²) < 4.78 is 1.54. The summed E-state index contributed by atoms with van der Waals surface area (Å²) in [6.07, 6.45) is 2.30. The third-order valence-corrected chi connectivity index (χ3v) is 4.10. The molecule has 0 aliphatic heterocycles. The monoisotopic (exact) mass is 337 g/mol. The van der Waals surface area contributed by atoms with Crippen LogP contribution < -0.4 is 10.5 Å². The first-order valence-corrected chi connectivity index (χ1v) is 8.09. The van der Waals surface area contributed by atoms with E-state index in [0.29, 0.717) is 23.3 Å². The molecule has 0 bridgehead atoms. The molecular formula is C19H19N3O3. The summed E-state index contributed by atoms with van der Waals surface area (Å²) >= 11 is 0. The Morgan fingerprint density at radius 2 is 1.92 bits per heavy atom. The summed E-state index contributed by atoms with van der Waals surface area (Å²) in [7, 11) is 1.53. The Kier molecular flexibility index (Phi) is 4.52. The average molecular weight is 337 g/mol. The molecule has 0 radical (unpaired) electrons. The standard InChI is InChI=1S/C19H19N3O3/c1-3-12-22-14-9-5-4-8-13(14)17(23)16(19(22)25)18(24)21(2)15-10-6-7-11-20-15/h4-11,23H,3,12H2,1-2H3. The Balaban J connectivity index is 2.22. The van der Waals surface area contributed by atoms with Gasteiger partial charge in [0, 0.05) is 25.2 Å². The Hall–Kier alpha value is -3.15. The largest absolute Gasteiger partial charge is 0.506 e. The molecule has 1 N–H and O–H groups in total. The van der Waals surface area contributed by atoms with Crippen molar-refractivity contribution in [2.45, 2.75) is 19.9 Å². The molecule has 0 spiro atoms. The Morgan fingerprint density at radius 3 is 2.60 bits per heavy atom. The van der Waals surface area contributed by atoms with Crippen LogP contribution in [-0.4, -0.2) is 27.6 Å². The van der Waals surface area contributed by atoms with Gasteiger partial charge in [0.25, 0.3) is 11.5 Å². The molecule has 128 valence electrons. The molecule has 6 nitrogen and oxygen atoms in total. The lowest BCUT2D eigenvalue weighted by Crippen LogP contribution is -2.35. The first-order valence-electron chi connectivity index (χ1n) is 8.09. The summed E-state index contributed by atoms with van der Waals surface area (Å²) in [4.78, 5) is 31.2. The number of nitrogens with zero attached hydrogens (tertiary/aromatic N) is 3. The van der Waals surface area contributed by atoms with E-state index in [2.05, 4.69) is 4.98 Å². The molecule has 0 aliphatic rings. The minimum Gasteiger partial charge on any atom is -0.506 e. The quantitative estimate of drug-likeness (QED) is 0.794. The zero-order valence-electron chi connectivity index (χ0n) is 14.1. The molecule has 0 unspecified atom stereocenters. The molecule has 0 fully saturated rings. The Morgan fingerprint density at radius 1 is 1.20 bits per heavy atom. The predicted octanol–water partition coefficient (Wildman–Crippen LogP) is 2.79. The van der Waals surface area contributed by atoms with Crippen LogP contribution in [0.2, 0.25) is 0 Å². The van der Waals surface area contributed by atoms with Gasteiger partial charge in [0.05, 0.1) is 5.52 Å². The van der Waals surface area contributed by atoms with Crippen molar-refractivity contribution in [2.24, 2.45) is 0 Å². The van der Waals surface area contributed by atoms with Gasteiger partial charge in [0.2, 0.25) is 0 Å². The number of aryl methyl sites for hydroxylation is 1. The number of aromatic nitrogens is 2. The number of carbonyl (C=O) groups excluding carboxylic acids is 1. The molecule has 3 rings (SSSR count). The minimum absolute atomic E-state index is 0.236. The van der Waals surface area contributed by atoms with Gasteiger partial charge in [-0.1, -0.05) is 25.1 Å². The van der Waals surface area contributed by atoms with E-state index in [1.807, 2.05) is 6.92 Å². The topological polar surface area (TPSA) is 75.4 Å². The van der Waals surface area contributed by atoms with E-state index in [1.54, 1.807) is 48.7 Å². The summed E-state index contributed by atoms with van der Waals surface area (Å²) in [5, 5.41) is 11.1. The highest BCUT2D eigenvalue weighted by Crippen LogP contribution is 2.27. The van der Waals surface area contributed by atoms with Gasteiger partial charge in [-0.25, -0.2) is 4.98 Å². The number of benzene rings is 1. The van der Waals surface area contributed by atoms with Gasteiger partial charge in [0.15, 0.2) is 0 Å². The number of fused-ring (bicyclic) bond motifs is 1. The Bertz CT molecular complexity index is 980. The van der Waals surface area contributed by atoms with E-state index in [9.17, 15) is 14.7 Å². The lowest BCUT2D eigenvalue weighted by atomic mass is 10.1. The van der Waals surface area contributed by atoms with Crippen LogP contribution in [0.3, 0.4) is 0 Å². The van der Waals surface area contributed by atoms with Crippen molar-refractivity contribution in [1.82, 2.24) is 9.55 Å². The van der Waals surface area contributed by atoms with E-state index in [0.717, 1.165) is 6.42 Å². The molecule has 1 aromatic carbocycles. The fourth-order valence-electron chi connectivity index (χ4n) is 2.85. The normalized spacial score (nSPS) is 10.8. The number of aromatic hydroxyl groups is 1. The molecule has 0 aliphatic carbocycles. The highest BCUT2D eigenvalue weighted by Gasteiger charge is 2.25. The summed E-state index contributed by atoms with van der Waals surface area (Å²) in [6.45, 7) is 2.42. The highest BCUT2D eigenvalue weighted by molar-refractivity contribution is 6.09. The maximum absolute atomic E-state index is 12.9. The first kappa shape index (κ1) is 16.7. The zero-order chi connectivity index (χ0) is 18.0. The SMILES string of the molecule is CCCn1c(=O)c(C(=O)N(C)c2ccccn2)c(O)c2ccccc21. The maximum atomic E-state index is 12.9. The smallest absolute Gasteiger partial charge is 0.268 e. The van der Waals surface area contributed by atoms with Crippen LogP contribution in [0.5, 0.6) is 5.75 Å². The number of anilines is 1. The molecule has 0 atom stereocenters. The molecule has 6 heteroatoms. The average Bonchev–Trinajstić information content (AvgIpc) is 2.65. The molecule has 1 amide bonds. The second kappa shape index (κ2) is 6.76. The van der Waals surface area contributed by atoms with Gasteiger partial charge in [-0.15, -0.1) is 0 Å². The van der Waals surface area contributed by atoms with E-state index < -0.39 is 11.5 Å². The lowest BCUT2D eigenvalue weighted by Gasteiger charge is -2.19. The van der Waals surface area contributed by atoms with Gasteiger partial charge < -0.3 is 9.67 Å². The van der Waals surface area contributed by atoms with Crippen LogP contribution in [-0.2, 0) is 6.54 Å². The van der Waals surface area contributed by atoms with Crippen molar-refractivity contribution < 1.29 is 9.90 Å². The second-order valence-corrected chi connectivity index (χ2v) is 5.75. The van der Waals surface area contributed by atoms with Gasteiger partial charge in [-0.05, 0) is 30.7 Å². The van der Waals surface area contributed by atoms with E-state index in [4.69, 9.17) is 0 Å². The molecule has 25 heavy (non-hydrogen) atoms. The molecule has 0 saturated heterocycles. The number of hydrogen-bond donors (Lipinski definition) is 1. The summed E-state index contributed by atoms with van der Waals surface area (Å²) in [5.41, 5.74) is -0.116. The molecule has 2 heterocycles. The van der Waals surface area contributed by atoms with Crippen molar-refractivity contribution in [3.8, 4) is 5.75 Å². The van der Waals surface area contributed by atoms with E-state index >= 15 is 0 Å². The summed E-state index contributed by atoms with van der Waals surface area (Å²) in [5.74, 6) is -0.473. The number of para-hydroxylation sites is 1. The van der Waals surface area contributed by atoms with E-state index in [-0.39, 0.29) is 11.3 Å². The fraction of sp³-hybridized carbons (Fsp3) is 0.211.